The van der Waals surface area contributed by atoms with E-state index >= 15 is 0 Å². The molecule has 0 atom stereocenters. The highest BCUT2D eigenvalue weighted by Crippen LogP contribution is 2.21. The van der Waals surface area contributed by atoms with Crippen LogP contribution in [0.1, 0.15) is 25.3 Å². The van der Waals surface area contributed by atoms with Gasteiger partial charge in [0.2, 0.25) is 5.91 Å². The van der Waals surface area contributed by atoms with Crippen molar-refractivity contribution in [3.8, 4) is 5.75 Å². The second kappa shape index (κ2) is 7.17. The lowest BCUT2D eigenvalue weighted by Gasteiger charge is -2.09. The van der Waals surface area contributed by atoms with E-state index in [4.69, 9.17) is 16.3 Å². The van der Waals surface area contributed by atoms with Crippen LogP contribution in [-0.2, 0) is 4.79 Å². The highest BCUT2D eigenvalue weighted by Gasteiger charge is 2.02. The van der Waals surface area contributed by atoms with E-state index in [1.165, 1.54) is 0 Å². The van der Waals surface area contributed by atoms with E-state index in [1.54, 1.807) is 6.07 Å². The number of benzene rings is 1. The van der Waals surface area contributed by atoms with Crippen molar-refractivity contribution < 1.29 is 9.53 Å². The molecule has 0 aliphatic heterocycles. The molecule has 1 aromatic rings. The molecule has 0 aromatic heterocycles. The SMILES string of the molecule is CCNC(=O)CCCOc1ccc(Cl)cc1C. The van der Waals surface area contributed by atoms with Gasteiger partial charge in [-0.2, -0.15) is 0 Å². The summed E-state index contributed by atoms with van der Waals surface area (Å²) in [7, 11) is 0. The fourth-order valence-corrected chi connectivity index (χ4v) is 1.70. The Bertz CT molecular complexity index is 380. The van der Waals surface area contributed by atoms with E-state index in [0.717, 1.165) is 11.3 Å². The van der Waals surface area contributed by atoms with Crippen LogP contribution >= 0.6 is 11.6 Å². The molecule has 0 aliphatic rings. The van der Waals surface area contributed by atoms with E-state index < -0.39 is 0 Å². The number of carbonyl (C=O) groups excluding carboxylic acids is 1. The molecule has 1 N–H and O–H groups in total. The summed E-state index contributed by atoms with van der Waals surface area (Å²) in [5.74, 6) is 0.897. The van der Waals surface area contributed by atoms with Gasteiger partial charge < -0.3 is 10.1 Å². The topological polar surface area (TPSA) is 38.3 Å². The zero-order chi connectivity index (χ0) is 12.7. The summed E-state index contributed by atoms with van der Waals surface area (Å²) in [6, 6.07) is 5.51. The summed E-state index contributed by atoms with van der Waals surface area (Å²) in [6.07, 6.45) is 1.22. The summed E-state index contributed by atoms with van der Waals surface area (Å²) in [6.45, 7) is 5.08. The minimum absolute atomic E-state index is 0.0731. The number of halogens is 1. The first kappa shape index (κ1) is 13.8. The second-order valence-corrected chi connectivity index (χ2v) is 4.25. The van der Waals surface area contributed by atoms with E-state index in [-0.39, 0.29) is 5.91 Å². The predicted octanol–water partition coefficient (Wildman–Crippen LogP) is 2.94. The normalized spacial score (nSPS) is 10.1. The molecule has 0 spiro atoms. The molecular formula is C13H18ClNO2. The summed E-state index contributed by atoms with van der Waals surface area (Å²) in [5.41, 5.74) is 1.01. The van der Waals surface area contributed by atoms with Gasteiger partial charge in [-0.3, -0.25) is 4.79 Å². The van der Waals surface area contributed by atoms with Gasteiger partial charge in [0.05, 0.1) is 6.61 Å². The van der Waals surface area contributed by atoms with Crippen LogP contribution in [0.5, 0.6) is 5.75 Å². The van der Waals surface area contributed by atoms with Crippen molar-refractivity contribution >= 4 is 17.5 Å². The van der Waals surface area contributed by atoms with Crippen molar-refractivity contribution in [2.45, 2.75) is 26.7 Å². The molecule has 0 fully saturated rings. The van der Waals surface area contributed by atoms with Gasteiger partial charge in [-0.1, -0.05) is 11.6 Å². The van der Waals surface area contributed by atoms with Crippen molar-refractivity contribution in [3.05, 3.63) is 28.8 Å². The monoisotopic (exact) mass is 255 g/mol. The molecule has 0 unspecified atom stereocenters. The molecular weight excluding hydrogens is 238 g/mol. The van der Waals surface area contributed by atoms with Crippen LogP contribution in [0.4, 0.5) is 0 Å². The van der Waals surface area contributed by atoms with Crippen molar-refractivity contribution in [3.63, 3.8) is 0 Å². The molecule has 17 heavy (non-hydrogen) atoms. The lowest BCUT2D eigenvalue weighted by atomic mass is 10.2. The molecule has 0 saturated heterocycles. The Kier molecular flexibility index (Phi) is 5.84. The molecule has 0 bridgehead atoms. The largest absolute Gasteiger partial charge is 0.493 e. The number of amides is 1. The molecule has 0 radical (unpaired) electrons. The Labute approximate surface area is 107 Å². The van der Waals surface area contributed by atoms with Gasteiger partial charge in [0.25, 0.3) is 0 Å². The molecule has 0 saturated carbocycles. The first-order valence-corrected chi connectivity index (χ1v) is 6.17. The third-order valence-electron chi connectivity index (χ3n) is 2.32. The first-order chi connectivity index (χ1) is 8.13. The zero-order valence-electron chi connectivity index (χ0n) is 10.3. The second-order valence-electron chi connectivity index (χ2n) is 3.82. The van der Waals surface area contributed by atoms with Gasteiger partial charge in [0, 0.05) is 18.0 Å². The summed E-state index contributed by atoms with van der Waals surface area (Å²) in [5, 5.41) is 3.46. The van der Waals surface area contributed by atoms with Crippen molar-refractivity contribution in [2.24, 2.45) is 0 Å². The minimum Gasteiger partial charge on any atom is -0.493 e. The van der Waals surface area contributed by atoms with E-state index in [1.807, 2.05) is 26.0 Å². The fraction of sp³-hybridized carbons (Fsp3) is 0.462. The summed E-state index contributed by atoms with van der Waals surface area (Å²) < 4.78 is 5.58. The van der Waals surface area contributed by atoms with Gasteiger partial charge in [0.1, 0.15) is 5.75 Å². The van der Waals surface area contributed by atoms with Crippen molar-refractivity contribution in [1.29, 1.82) is 0 Å². The van der Waals surface area contributed by atoms with E-state index in [2.05, 4.69) is 5.32 Å². The van der Waals surface area contributed by atoms with Crippen LogP contribution in [0, 0.1) is 6.92 Å². The molecule has 1 aromatic carbocycles. The molecule has 94 valence electrons. The Hall–Kier alpha value is -1.22. The minimum atomic E-state index is 0.0731. The Balaban J connectivity index is 2.29. The maximum absolute atomic E-state index is 11.2. The third kappa shape index (κ3) is 5.09. The lowest BCUT2D eigenvalue weighted by molar-refractivity contribution is -0.121. The van der Waals surface area contributed by atoms with Crippen LogP contribution in [-0.4, -0.2) is 19.1 Å². The molecule has 1 amide bonds. The quantitative estimate of drug-likeness (QED) is 0.794. The van der Waals surface area contributed by atoms with Crippen LogP contribution in [0.15, 0.2) is 18.2 Å². The van der Waals surface area contributed by atoms with Crippen LogP contribution < -0.4 is 10.1 Å². The fourth-order valence-electron chi connectivity index (χ4n) is 1.48. The number of carbonyl (C=O) groups is 1. The van der Waals surface area contributed by atoms with Gasteiger partial charge in [-0.15, -0.1) is 0 Å². The highest BCUT2D eigenvalue weighted by molar-refractivity contribution is 6.30. The van der Waals surface area contributed by atoms with Crippen molar-refractivity contribution in [2.75, 3.05) is 13.2 Å². The maximum atomic E-state index is 11.2. The maximum Gasteiger partial charge on any atom is 0.220 e. The molecule has 0 heterocycles. The number of hydrogen-bond acceptors (Lipinski definition) is 2. The highest BCUT2D eigenvalue weighted by atomic mass is 35.5. The summed E-state index contributed by atoms with van der Waals surface area (Å²) in [4.78, 5) is 11.2. The van der Waals surface area contributed by atoms with Crippen LogP contribution in [0.2, 0.25) is 5.02 Å². The average Bonchev–Trinajstić information content (AvgIpc) is 2.27. The van der Waals surface area contributed by atoms with E-state index in [0.29, 0.717) is 31.0 Å². The van der Waals surface area contributed by atoms with Crippen molar-refractivity contribution in [1.82, 2.24) is 5.32 Å². The Morgan fingerprint density at radius 3 is 2.88 bits per heavy atom. The van der Waals surface area contributed by atoms with Crippen LogP contribution in [0.3, 0.4) is 0 Å². The number of ether oxygens (including phenoxy) is 1. The smallest absolute Gasteiger partial charge is 0.220 e. The standard InChI is InChI=1S/C13H18ClNO2/c1-3-15-13(16)5-4-8-17-12-7-6-11(14)9-10(12)2/h6-7,9H,3-5,8H2,1-2H3,(H,15,16). The van der Waals surface area contributed by atoms with Gasteiger partial charge >= 0.3 is 0 Å². The van der Waals surface area contributed by atoms with E-state index in [9.17, 15) is 4.79 Å². The Morgan fingerprint density at radius 2 is 2.24 bits per heavy atom. The molecule has 3 nitrogen and oxygen atoms in total. The van der Waals surface area contributed by atoms with Crippen LogP contribution in [0.25, 0.3) is 0 Å². The predicted molar refractivity (Wildman–Crippen MR) is 69.6 cm³/mol. The summed E-state index contributed by atoms with van der Waals surface area (Å²) >= 11 is 5.85. The molecule has 4 heteroatoms. The first-order valence-electron chi connectivity index (χ1n) is 5.79. The molecule has 1 rings (SSSR count). The number of nitrogens with one attached hydrogen (secondary N) is 1. The third-order valence-corrected chi connectivity index (χ3v) is 2.55. The van der Waals surface area contributed by atoms with Gasteiger partial charge in [-0.05, 0) is 44.0 Å². The Morgan fingerprint density at radius 1 is 1.47 bits per heavy atom. The van der Waals surface area contributed by atoms with Gasteiger partial charge in [0.15, 0.2) is 0 Å². The number of rotatable bonds is 6. The van der Waals surface area contributed by atoms with Gasteiger partial charge in [-0.25, -0.2) is 0 Å². The molecule has 0 aliphatic carbocycles. The number of hydrogen-bond donors (Lipinski definition) is 1. The lowest BCUT2D eigenvalue weighted by Crippen LogP contribution is -2.22. The average molecular weight is 256 g/mol. The zero-order valence-corrected chi connectivity index (χ0v) is 11.0. The number of aryl methyl sites for hydroxylation is 1.